The van der Waals surface area contributed by atoms with Gasteiger partial charge in [0.2, 0.25) is 11.7 Å². The predicted molar refractivity (Wildman–Crippen MR) is 104 cm³/mol. The molecule has 2 rings (SSSR count). The number of nitrogens with one attached hydrogen (secondary N) is 2. The molecule has 0 spiro atoms. The molecule has 0 radical (unpaired) electrons. The van der Waals surface area contributed by atoms with Crippen LogP contribution in [0.1, 0.15) is 6.92 Å². The zero-order valence-corrected chi connectivity index (χ0v) is 17.0. The maximum atomic E-state index is 12.8. The molecule has 2 N–H and O–H groups in total. The predicted octanol–water partition coefficient (Wildman–Crippen LogP) is 2.48. The number of rotatable bonds is 8. The highest BCUT2D eigenvalue weighted by Crippen LogP contribution is 2.40. The Morgan fingerprint density at radius 1 is 0.857 bits per heavy atom. The van der Waals surface area contributed by atoms with Gasteiger partial charge in [0.05, 0.1) is 44.7 Å². The third kappa shape index (κ3) is 4.58. The van der Waals surface area contributed by atoms with Crippen LogP contribution in [-0.4, -0.2) is 42.8 Å². The molecule has 0 atom stereocenters. The van der Waals surface area contributed by atoms with Gasteiger partial charge in [-0.1, -0.05) is 0 Å². The Morgan fingerprint density at radius 3 is 1.89 bits per heavy atom. The number of benzene rings is 2. The summed E-state index contributed by atoms with van der Waals surface area (Å²) >= 11 is 0. The van der Waals surface area contributed by atoms with E-state index in [1.165, 1.54) is 65.7 Å². The molecular weight excluding hydrogens is 388 g/mol. The first-order chi connectivity index (χ1) is 13.2. The Hall–Kier alpha value is -3.14. The number of amides is 1. The number of carbonyl (C=O) groups is 1. The van der Waals surface area contributed by atoms with Crippen LogP contribution in [0.2, 0.25) is 0 Å². The molecule has 0 aliphatic carbocycles. The van der Waals surface area contributed by atoms with E-state index in [0.29, 0.717) is 23.0 Å². The van der Waals surface area contributed by atoms with Crippen LogP contribution in [0.3, 0.4) is 0 Å². The molecule has 9 nitrogen and oxygen atoms in total. The molecule has 28 heavy (non-hydrogen) atoms. The number of hydrogen-bond acceptors (Lipinski definition) is 7. The summed E-state index contributed by atoms with van der Waals surface area (Å²) in [7, 11) is 1.75. The molecule has 0 unspecified atom stereocenters. The van der Waals surface area contributed by atoms with Crippen LogP contribution in [-0.2, 0) is 14.8 Å². The van der Waals surface area contributed by atoms with Crippen molar-refractivity contribution in [2.75, 3.05) is 38.5 Å². The van der Waals surface area contributed by atoms with Gasteiger partial charge in [-0.15, -0.1) is 0 Å². The third-order valence-electron chi connectivity index (χ3n) is 3.71. The van der Waals surface area contributed by atoms with Gasteiger partial charge in [0.1, 0.15) is 5.75 Å². The summed E-state index contributed by atoms with van der Waals surface area (Å²) in [6, 6.07) is 7.06. The normalized spacial score (nSPS) is 10.8. The summed E-state index contributed by atoms with van der Waals surface area (Å²) in [4.78, 5) is 11.3. The van der Waals surface area contributed by atoms with E-state index in [1.807, 2.05) is 0 Å². The van der Waals surface area contributed by atoms with Crippen LogP contribution in [0.4, 0.5) is 11.4 Å². The summed E-state index contributed by atoms with van der Waals surface area (Å²) < 4.78 is 48.9. The highest BCUT2D eigenvalue weighted by Gasteiger charge is 2.20. The number of ether oxygens (including phenoxy) is 4. The minimum Gasteiger partial charge on any atom is -0.495 e. The van der Waals surface area contributed by atoms with E-state index in [2.05, 4.69) is 10.0 Å². The minimum absolute atomic E-state index is 0.0641. The van der Waals surface area contributed by atoms with Crippen molar-refractivity contribution in [3.8, 4) is 23.0 Å². The SMILES string of the molecule is COc1ccc(S(=O)(=O)Nc2cc(OC)c(OC)c(OC)c2)cc1NC(C)=O. The molecule has 0 fully saturated rings. The number of carbonyl (C=O) groups excluding carboxylic acids is 1. The van der Waals surface area contributed by atoms with Gasteiger partial charge in [0, 0.05) is 19.1 Å². The van der Waals surface area contributed by atoms with Gasteiger partial charge in [-0.25, -0.2) is 8.42 Å². The molecule has 0 saturated heterocycles. The second-order valence-corrected chi connectivity index (χ2v) is 7.25. The van der Waals surface area contributed by atoms with Crippen molar-refractivity contribution in [1.29, 1.82) is 0 Å². The molecule has 0 aliphatic heterocycles. The Labute approximate surface area is 163 Å². The van der Waals surface area contributed by atoms with Crippen LogP contribution in [0, 0.1) is 0 Å². The largest absolute Gasteiger partial charge is 0.495 e. The molecular formula is C18H22N2O7S. The monoisotopic (exact) mass is 410 g/mol. The fourth-order valence-corrected chi connectivity index (χ4v) is 3.56. The van der Waals surface area contributed by atoms with E-state index >= 15 is 0 Å². The Kier molecular flexibility index (Phi) is 6.57. The Balaban J connectivity index is 2.45. The maximum absolute atomic E-state index is 12.8. The van der Waals surface area contributed by atoms with Crippen molar-refractivity contribution in [3.05, 3.63) is 30.3 Å². The zero-order chi connectivity index (χ0) is 20.9. The molecule has 0 aromatic heterocycles. The second kappa shape index (κ2) is 8.70. The molecule has 0 aliphatic rings. The van der Waals surface area contributed by atoms with Gasteiger partial charge in [-0.05, 0) is 18.2 Å². The highest BCUT2D eigenvalue weighted by atomic mass is 32.2. The van der Waals surface area contributed by atoms with E-state index in [4.69, 9.17) is 18.9 Å². The van der Waals surface area contributed by atoms with Crippen molar-refractivity contribution >= 4 is 27.3 Å². The van der Waals surface area contributed by atoms with Gasteiger partial charge < -0.3 is 24.3 Å². The topological polar surface area (TPSA) is 112 Å². The molecule has 1 amide bonds. The molecule has 2 aromatic carbocycles. The standard InChI is InChI=1S/C18H22N2O7S/c1-11(21)19-14-10-13(6-7-15(14)24-2)28(22,23)20-12-8-16(25-3)18(27-5)17(9-12)26-4/h6-10,20H,1-5H3,(H,19,21). The first-order valence-corrected chi connectivity index (χ1v) is 9.52. The van der Waals surface area contributed by atoms with E-state index in [9.17, 15) is 13.2 Å². The lowest BCUT2D eigenvalue weighted by atomic mass is 10.2. The average molecular weight is 410 g/mol. The molecule has 0 bridgehead atoms. The number of sulfonamides is 1. The molecule has 152 valence electrons. The molecule has 0 saturated carbocycles. The van der Waals surface area contributed by atoms with Crippen molar-refractivity contribution < 1.29 is 32.2 Å². The van der Waals surface area contributed by atoms with Gasteiger partial charge in [0.15, 0.2) is 11.5 Å². The molecule has 2 aromatic rings. The van der Waals surface area contributed by atoms with Crippen molar-refractivity contribution in [2.45, 2.75) is 11.8 Å². The van der Waals surface area contributed by atoms with E-state index in [0.717, 1.165) is 0 Å². The lowest BCUT2D eigenvalue weighted by molar-refractivity contribution is -0.114. The zero-order valence-electron chi connectivity index (χ0n) is 16.2. The second-order valence-electron chi connectivity index (χ2n) is 5.56. The van der Waals surface area contributed by atoms with Gasteiger partial charge in [0.25, 0.3) is 10.0 Å². The van der Waals surface area contributed by atoms with Crippen LogP contribution in [0.15, 0.2) is 35.2 Å². The van der Waals surface area contributed by atoms with Gasteiger partial charge in [-0.3, -0.25) is 9.52 Å². The van der Waals surface area contributed by atoms with Crippen molar-refractivity contribution in [2.24, 2.45) is 0 Å². The van der Waals surface area contributed by atoms with Crippen LogP contribution >= 0.6 is 0 Å². The first kappa shape index (κ1) is 21.2. The summed E-state index contributed by atoms with van der Waals surface area (Å²) in [5.41, 5.74) is 0.453. The fourth-order valence-electron chi connectivity index (χ4n) is 2.50. The summed E-state index contributed by atoms with van der Waals surface area (Å²) in [5, 5.41) is 2.54. The van der Waals surface area contributed by atoms with E-state index in [1.54, 1.807) is 0 Å². The van der Waals surface area contributed by atoms with Gasteiger partial charge in [-0.2, -0.15) is 0 Å². The van der Waals surface area contributed by atoms with E-state index in [-0.39, 0.29) is 22.2 Å². The number of methoxy groups -OCH3 is 4. The molecule has 10 heteroatoms. The van der Waals surface area contributed by atoms with Crippen LogP contribution in [0.25, 0.3) is 0 Å². The lowest BCUT2D eigenvalue weighted by Crippen LogP contribution is -2.14. The fraction of sp³-hybridized carbons (Fsp3) is 0.278. The molecule has 0 heterocycles. The van der Waals surface area contributed by atoms with E-state index < -0.39 is 10.0 Å². The Morgan fingerprint density at radius 2 is 1.43 bits per heavy atom. The van der Waals surface area contributed by atoms with Crippen molar-refractivity contribution in [3.63, 3.8) is 0 Å². The minimum atomic E-state index is -3.97. The highest BCUT2D eigenvalue weighted by molar-refractivity contribution is 7.92. The maximum Gasteiger partial charge on any atom is 0.261 e. The van der Waals surface area contributed by atoms with Crippen molar-refractivity contribution in [1.82, 2.24) is 0 Å². The first-order valence-electron chi connectivity index (χ1n) is 8.04. The van der Waals surface area contributed by atoms with Gasteiger partial charge >= 0.3 is 0 Å². The third-order valence-corrected chi connectivity index (χ3v) is 5.09. The van der Waals surface area contributed by atoms with Crippen LogP contribution < -0.4 is 29.0 Å². The Bertz CT molecular complexity index is 949. The number of anilines is 2. The summed E-state index contributed by atoms with van der Waals surface area (Å²) in [5.74, 6) is 0.916. The summed E-state index contributed by atoms with van der Waals surface area (Å²) in [6.45, 7) is 1.31. The quantitative estimate of drug-likeness (QED) is 0.687. The number of hydrogen-bond donors (Lipinski definition) is 2. The smallest absolute Gasteiger partial charge is 0.261 e. The lowest BCUT2D eigenvalue weighted by Gasteiger charge is -2.16. The summed E-state index contributed by atoms with van der Waals surface area (Å²) in [6.07, 6.45) is 0. The average Bonchev–Trinajstić information content (AvgIpc) is 2.66. The van der Waals surface area contributed by atoms with Crippen LogP contribution in [0.5, 0.6) is 23.0 Å².